The normalized spacial score (nSPS) is 17.4. The molecular weight excluding hydrogens is 284 g/mol. The molecule has 0 radical (unpaired) electrons. The van der Waals surface area contributed by atoms with Gasteiger partial charge in [-0.3, -0.25) is 15.3 Å². The number of hydrogen-bond acceptors (Lipinski definition) is 5. The van der Waals surface area contributed by atoms with Crippen LogP contribution in [-0.4, -0.2) is 35.4 Å². The molecule has 1 aromatic heterocycles. The van der Waals surface area contributed by atoms with E-state index >= 15 is 0 Å². The van der Waals surface area contributed by atoms with Crippen molar-refractivity contribution in [3.63, 3.8) is 0 Å². The summed E-state index contributed by atoms with van der Waals surface area (Å²) in [6.45, 7) is 1.40. The minimum absolute atomic E-state index is 0.198. The van der Waals surface area contributed by atoms with E-state index in [4.69, 9.17) is 15.3 Å². The van der Waals surface area contributed by atoms with Crippen LogP contribution in [-0.2, 0) is 4.74 Å². The fourth-order valence-corrected chi connectivity index (χ4v) is 2.35. The smallest absolute Gasteiger partial charge is 0.283 e. The molecule has 1 saturated heterocycles. The molecule has 0 bridgehead atoms. The van der Waals surface area contributed by atoms with Crippen LogP contribution in [0.5, 0.6) is 5.75 Å². The molecule has 1 aliphatic heterocycles. The predicted octanol–water partition coefficient (Wildman–Crippen LogP) is 1.24. The van der Waals surface area contributed by atoms with Crippen LogP contribution < -0.4 is 16.0 Å². The van der Waals surface area contributed by atoms with E-state index in [0.717, 1.165) is 30.8 Å². The number of carbonyl (C=O) groups excluding carboxylic acids is 1. The fourth-order valence-electron chi connectivity index (χ4n) is 2.35. The van der Waals surface area contributed by atoms with E-state index in [1.54, 1.807) is 6.07 Å². The Hall–Kier alpha value is -2.38. The number of amides is 1. The second kappa shape index (κ2) is 6.59. The van der Waals surface area contributed by atoms with Crippen LogP contribution in [0.2, 0.25) is 0 Å². The number of nitrogen functional groups attached to an aromatic ring is 1. The second-order valence-electron chi connectivity index (χ2n) is 5.11. The van der Waals surface area contributed by atoms with Crippen molar-refractivity contribution in [2.45, 2.75) is 18.9 Å². The first-order valence-corrected chi connectivity index (χ1v) is 7.17. The maximum Gasteiger partial charge on any atom is 0.283 e. The number of nitrogens with two attached hydrogens (primary N) is 1. The average molecular weight is 302 g/mol. The molecule has 0 saturated carbocycles. The summed E-state index contributed by atoms with van der Waals surface area (Å²) in [5.74, 6) is 5.46. The van der Waals surface area contributed by atoms with Crippen LogP contribution >= 0.6 is 0 Å². The van der Waals surface area contributed by atoms with Gasteiger partial charge in [-0.25, -0.2) is 5.84 Å². The first-order chi connectivity index (χ1) is 10.8. The summed E-state index contributed by atoms with van der Waals surface area (Å²) in [6.07, 6.45) is 2.35. The number of nitrogens with one attached hydrogen (secondary N) is 2. The molecule has 4 N–H and O–H groups in total. The number of hydrogen-bond donors (Lipinski definition) is 3. The molecule has 22 heavy (non-hydrogen) atoms. The van der Waals surface area contributed by atoms with Gasteiger partial charge in [-0.05, 0) is 43.2 Å². The van der Waals surface area contributed by atoms with E-state index in [-0.39, 0.29) is 6.10 Å². The van der Waals surface area contributed by atoms with Gasteiger partial charge in [0, 0.05) is 12.2 Å². The Kier molecular flexibility index (Phi) is 4.36. The minimum atomic E-state index is -0.407. The lowest BCUT2D eigenvalue weighted by atomic mass is 10.1. The zero-order valence-corrected chi connectivity index (χ0v) is 12.0. The number of carbonyl (C=O) groups is 1. The Balaban J connectivity index is 1.63. The molecule has 7 nitrogen and oxygen atoms in total. The van der Waals surface area contributed by atoms with Crippen molar-refractivity contribution in [1.82, 2.24) is 15.6 Å². The number of nitrogens with zero attached hydrogens (tertiary/aromatic N) is 1. The third-order valence-corrected chi connectivity index (χ3v) is 3.56. The maximum atomic E-state index is 11.4. The van der Waals surface area contributed by atoms with Crippen molar-refractivity contribution in [1.29, 1.82) is 0 Å². The Morgan fingerprint density at radius 1 is 1.45 bits per heavy atom. The molecule has 1 fully saturated rings. The molecule has 1 amide bonds. The van der Waals surface area contributed by atoms with Crippen LogP contribution in [0.15, 0.2) is 30.3 Å². The van der Waals surface area contributed by atoms with Gasteiger partial charge in [0.25, 0.3) is 5.91 Å². The van der Waals surface area contributed by atoms with Crippen molar-refractivity contribution in [2.24, 2.45) is 5.84 Å². The third kappa shape index (κ3) is 3.26. The molecule has 116 valence electrons. The van der Waals surface area contributed by atoms with Crippen LogP contribution in [0, 0.1) is 0 Å². The Morgan fingerprint density at radius 3 is 2.95 bits per heavy atom. The number of ether oxygens (including phenoxy) is 2. The monoisotopic (exact) mass is 302 g/mol. The summed E-state index contributed by atoms with van der Waals surface area (Å²) < 4.78 is 11.2. The fraction of sp³-hybridized carbons (Fsp3) is 0.333. The van der Waals surface area contributed by atoms with E-state index in [1.165, 1.54) is 0 Å². The topological polar surface area (TPSA) is 102 Å². The summed E-state index contributed by atoms with van der Waals surface area (Å²) >= 11 is 0. The summed E-state index contributed by atoms with van der Waals surface area (Å²) in [4.78, 5) is 11.4. The van der Waals surface area contributed by atoms with Crippen molar-refractivity contribution >= 4 is 5.91 Å². The molecule has 2 heterocycles. The molecule has 3 rings (SSSR count). The highest BCUT2D eigenvalue weighted by Crippen LogP contribution is 2.22. The zero-order chi connectivity index (χ0) is 15.4. The Bertz CT molecular complexity index is 632. The van der Waals surface area contributed by atoms with Gasteiger partial charge in [0.15, 0.2) is 0 Å². The SMILES string of the molecule is NNC(=O)c1cc(-c2ccc(OCC3CCCO3)cc2)n[nH]1. The number of hydrazine groups is 1. The first-order valence-electron chi connectivity index (χ1n) is 7.17. The van der Waals surface area contributed by atoms with Crippen molar-refractivity contribution < 1.29 is 14.3 Å². The molecule has 1 unspecified atom stereocenters. The second-order valence-corrected chi connectivity index (χ2v) is 5.11. The van der Waals surface area contributed by atoms with E-state index < -0.39 is 5.91 Å². The molecule has 1 aromatic carbocycles. The standard InChI is InChI=1S/C15H18N4O3/c16-17-15(20)14-8-13(18-19-14)10-3-5-11(6-4-10)22-9-12-2-1-7-21-12/h3-6,8,12H,1-2,7,9,16H2,(H,17,20)(H,18,19). The van der Waals surface area contributed by atoms with E-state index in [1.807, 2.05) is 24.3 Å². The zero-order valence-electron chi connectivity index (χ0n) is 12.0. The quantitative estimate of drug-likeness (QED) is 0.438. The van der Waals surface area contributed by atoms with Crippen LogP contribution in [0.1, 0.15) is 23.3 Å². The Morgan fingerprint density at radius 2 is 2.27 bits per heavy atom. The molecule has 7 heteroatoms. The van der Waals surface area contributed by atoms with Crippen molar-refractivity contribution in [2.75, 3.05) is 13.2 Å². The maximum absolute atomic E-state index is 11.4. The largest absolute Gasteiger partial charge is 0.491 e. The molecule has 0 aliphatic carbocycles. The molecular formula is C15H18N4O3. The van der Waals surface area contributed by atoms with Gasteiger partial charge in [0.1, 0.15) is 18.1 Å². The van der Waals surface area contributed by atoms with E-state index in [0.29, 0.717) is 18.0 Å². The molecule has 1 aliphatic rings. The highest BCUT2D eigenvalue weighted by Gasteiger charge is 2.16. The van der Waals surface area contributed by atoms with Gasteiger partial charge in [0.05, 0.1) is 11.8 Å². The van der Waals surface area contributed by atoms with E-state index in [9.17, 15) is 4.79 Å². The van der Waals surface area contributed by atoms with Gasteiger partial charge in [-0.1, -0.05) is 0 Å². The summed E-state index contributed by atoms with van der Waals surface area (Å²) in [6, 6.07) is 9.18. The number of rotatable bonds is 5. The van der Waals surface area contributed by atoms with Crippen LogP contribution in [0.4, 0.5) is 0 Å². The number of aromatic nitrogens is 2. The van der Waals surface area contributed by atoms with Gasteiger partial charge in [-0.2, -0.15) is 5.10 Å². The minimum Gasteiger partial charge on any atom is -0.491 e. The highest BCUT2D eigenvalue weighted by atomic mass is 16.5. The molecule has 1 atom stereocenters. The first kappa shape index (κ1) is 14.6. The van der Waals surface area contributed by atoms with Crippen LogP contribution in [0.25, 0.3) is 11.3 Å². The predicted molar refractivity (Wildman–Crippen MR) is 80.1 cm³/mol. The van der Waals surface area contributed by atoms with E-state index in [2.05, 4.69) is 15.6 Å². The van der Waals surface area contributed by atoms with Crippen molar-refractivity contribution in [3.05, 3.63) is 36.0 Å². The van der Waals surface area contributed by atoms with Crippen molar-refractivity contribution in [3.8, 4) is 17.0 Å². The third-order valence-electron chi connectivity index (χ3n) is 3.56. The number of benzene rings is 1. The van der Waals surface area contributed by atoms with Crippen LogP contribution in [0.3, 0.4) is 0 Å². The Labute approximate surface area is 127 Å². The number of aromatic amines is 1. The lowest BCUT2D eigenvalue weighted by Gasteiger charge is -2.11. The number of H-pyrrole nitrogens is 1. The molecule has 0 spiro atoms. The van der Waals surface area contributed by atoms with Gasteiger partial charge in [-0.15, -0.1) is 0 Å². The summed E-state index contributed by atoms with van der Waals surface area (Å²) in [5.41, 5.74) is 3.93. The summed E-state index contributed by atoms with van der Waals surface area (Å²) in [7, 11) is 0. The lowest BCUT2D eigenvalue weighted by molar-refractivity contribution is 0.0679. The van der Waals surface area contributed by atoms with Gasteiger partial charge in [0.2, 0.25) is 0 Å². The lowest BCUT2D eigenvalue weighted by Crippen LogP contribution is -2.30. The van der Waals surface area contributed by atoms with Gasteiger partial charge < -0.3 is 9.47 Å². The highest BCUT2D eigenvalue weighted by molar-refractivity contribution is 5.92. The van der Waals surface area contributed by atoms with Gasteiger partial charge >= 0.3 is 0 Å². The average Bonchev–Trinajstić information content (AvgIpc) is 3.24. The molecule has 2 aromatic rings. The summed E-state index contributed by atoms with van der Waals surface area (Å²) in [5, 5.41) is 6.73.